The first kappa shape index (κ1) is 21.8. The molecule has 2 aliphatic rings. The first-order valence-electron chi connectivity index (χ1n) is 10.9. The number of alkyl halides is 3. The number of benzene rings is 1. The second-order valence-corrected chi connectivity index (χ2v) is 8.50. The maximum atomic E-state index is 13.3. The van der Waals surface area contributed by atoms with Gasteiger partial charge in [0, 0.05) is 24.5 Å². The van der Waals surface area contributed by atoms with E-state index in [1.54, 1.807) is 5.01 Å². The number of anilines is 1. The molecule has 166 valence electrons. The fraction of sp³-hybridized carbons (Fsp3) is 0.458. The van der Waals surface area contributed by atoms with Gasteiger partial charge >= 0.3 is 6.18 Å². The molecular formula is C24H29F3N4. The van der Waals surface area contributed by atoms with Crippen molar-refractivity contribution in [1.29, 1.82) is 0 Å². The molecule has 2 N–H and O–H groups in total. The second kappa shape index (κ2) is 9.01. The summed E-state index contributed by atoms with van der Waals surface area (Å²) < 4.78 is 40.0. The summed E-state index contributed by atoms with van der Waals surface area (Å²) in [5.41, 5.74) is 3.86. The zero-order chi connectivity index (χ0) is 22.0. The zero-order valence-corrected chi connectivity index (χ0v) is 17.7. The number of nitrogens with zero attached hydrogens (tertiary/aromatic N) is 3. The van der Waals surface area contributed by atoms with Crippen molar-refractivity contribution in [3.05, 3.63) is 70.6 Å². The van der Waals surface area contributed by atoms with Gasteiger partial charge in [-0.2, -0.15) is 13.2 Å². The first-order chi connectivity index (χ1) is 14.8. The van der Waals surface area contributed by atoms with Crippen molar-refractivity contribution in [2.45, 2.75) is 57.7 Å². The van der Waals surface area contributed by atoms with Gasteiger partial charge in [0.2, 0.25) is 0 Å². The van der Waals surface area contributed by atoms with E-state index >= 15 is 0 Å². The standard InChI is InChI=1S/C24H29F3N4/c1-17-9-10-19-11-12-20(29-23(19)31(17)28)7-3-2-4-14-30-15-13-18-6-5-8-22(21(18)16-30)24(25,26)27/h5-6,8,11-12H,1-4,7,9-10,13-16,28H2. The number of allylic oxidation sites excluding steroid dienone is 1. The SMILES string of the molecule is C=C1CCc2ccc(CCCCCN3CCc4cccc(C(F)(F)F)c4C3)nc2N1N. The van der Waals surface area contributed by atoms with E-state index in [1.807, 2.05) is 6.07 Å². The number of nitrogens with two attached hydrogens (primary N) is 1. The third-order valence-electron chi connectivity index (χ3n) is 6.33. The van der Waals surface area contributed by atoms with Crippen molar-refractivity contribution in [3.63, 3.8) is 0 Å². The lowest BCUT2D eigenvalue weighted by Gasteiger charge is -2.30. The van der Waals surface area contributed by atoms with Crippen LogP contribution in [0.2, 0.25) is 0 Å². The molecule has 0 saturated carbocycles. The number of hydrogen-bond donors (Lipinski definition) is 1. The molecule has 2 aliphatic heterocycles. The monoisotopic (exact) mass is 430 g/mol. The number of pyridine rings is 1. The van der Waals surface area contributed by atoms with Gasteiger partial charge in [-0.1, -0.05) is 31.2 Å². The van der Waals surface area contributed by atoms with Crippen LogP contribution in [0.3, 0.4) is 0 Å². The Morgan fingerprint density at radius 3 is 2.65 bits per heavy atom. The van der Waals surface area contributed by atoms with Gasteiger partial charge in [0.25, 0.3) is 0 Å². The quantitative estimate of drug-likeness (QED) is 0.517. The van der Waals surface area contributed by atoms with Crippen LogP contribution in [-0.2, 0) is 32.0 Å². The van der Waals surface area contributed by atoms with Crippen molar-refractivity contribution in [2.75, 3.05) is 18.1 Å². The lowest BCUT2D eigenvalue weighted by atomic mass is 9.94. The average molecular weight is 431 g/mol. The molecule has 0 aliphatic carbocycles. The number of aryl methyl sites for hydroxylation is 2. The largest absolute Gasteiger partial charge is 0.416 e. The summed E-state index contributed by atoms with van der Waals surface area (Å²) in [4.78, 5) is 6.86. The summed E-state index contributed by atoms with van der Waals surface area (Å²) in [5.74, 6) is 6.89. The van der Waals surface area contributed by atoms with Gasteiger partial charge in [0.15, 0.2) is 0 Å². The summed E-state index contributed by atoms with van der Waals surface area (Å²) in [5, 5.41) is 1.59. The molecule has 0 fully saturated rings. The van der Waals surface area contributed by atoms with Crippen molar-refractivity contribution < 1.29 is 13.2 Å². The predicted octanol–water partition coefficient (Wildman–Crippen LogP) is 5.01. The number of fused-ring (bicyclic) bond motifs is 2. The minimum atomic E-state index is -4.29. The molecule has 1 aromatic carbocycles. The van der Waals surface area contributed by atoms with Crippen LogP contribution in [-0.4, -0.2) is 23.0 Å². The van der Waals surface area contributed by atoms with Gasteiger partial charge in [-0.05, 0) is 73.9 Å². The molecule has 0 bridgehead atoms. The van der Waals surface area contributed by atoms with E-state index in [2.05, 4.69) is 23.6 Å². The lowest BCUT2D eigenvalue weighted by molar-refractivity contribution is -0.138. The molecule has 4 nitrogen and oxygen atoms in total. The Hall–Kier alpha value is -2.38. The Morgan fingerprint density at radius 1 is 1.00 bits per heavy atom. The highest BCUT2D eigenvalue weighted by molar-refractivity contribution is 5.54. The number of hydrazine groups is 1. The van der Waals surface area contributed by atoms with Crippen LogP contribution in [0.25, 0.3) is 0 Å². The van der Waals surface area contributed by atoms with Gasteiger partial charge in [0.1, 0.15) is 5.82 Å². The normalized spacial score (nSPS) is 16.9. The second-order valence-electron chi connectivity index (χ2n) is 8.50. The zero-order valence-electron chi connectivity index (χ0n) is 17.7. The molecule has 0 unspecified atom stereocenters. The molecular weight excluding hydrogens is 401 g/mol. The highest BCUT2D eigenvalue weighted by atomic mass is 19.4. The van der Waals surface area contributed by atoms with Crippen molar-refractivity contribution in [1.82, 2.24) is 9.88 Å². The van der Waals surface area contributed by atoms with Crippen LogP contribution in [0.4, 0.5) is 19.0 Å². The maximum Gasteiger partial charge on any atom is 0.416 e. The average Bonchev–Trinajstić information content (AvgIpc) is 2.75. The molecule has 0 saturated heterocycles. The van der Waals surface area contributed by atoms with E-state index < -0.39 is 11.7 Å². The molecule has 1 aromatic heterocycles. The van der Waals surface area contributed by atoms with Gasteiger partial charge in [0.05, 0.1) is 5.56 Å². The van der Waals surface area contributed by atoms with E-state index in [0.717, 1.165) is 80.0 Å². The third-order valence-corrected chi connectivity index (χ3v) is 6.33. The Morgan fingerprint density at radius 2 is 1.84 bits per heavy atom. The van der Waals surface area contributed by atoms with E-state index in [-0.39, 0.29) is 0 Å². The molecule has 0 amide bonds. The Balaban J connectivity index is 1.26. The highest BCUT2D eigenvalue weighted by Gasteiger charge is 2.35. The fourth-order valence-electron chi connectivity index (χ4n) is 4.52. The molecule has 3 heterocycles. The molecule has 2 aromatic rings. The minimum absolute atomic E-state index is 0.383. The lowest BCUT2D eigenvalue weighted by Crippen LogP contribution is -2.34. The van der Waals surface area contributed by atoms with Gasteiger partial charge in [-0.15, -0.1) is 0 Å². The summed E-state index contributed by atoms with van der Waals surface area (Å²) in [7, 11) is 0. The maximum absolute atomic E-state index is 13.3. The molecule has 4 rings (SSSR count). The van der Waals surface area contributed by atoms with Crippen LogP contribution in [0.15, 0.2) is 42.6 Å². The van der Waals surface area contributed by atoms with Gasteiger partial charge < -0.3 is 0 Å². The van der Waals surface area contributed by atoms with Gasteiger partial charge in [-0.25, -0.2) is 10.8 Å². The van der Waals surface area contributed by atoms with Crippen LogP contribution < -0.4 is 10.9 Å². The number of halogens is 3. The van der Waals surface area contributed by atoms with E-state index in [0.29, 0.717) is 18.5 Å². The topological polar surface area (TPSA) is 45.4 Å². The summed E-state index contributed by atoms with van der Waals surface area (Å²) in [6.45, 7) is 6.00. The minimum Gasteiger partial charge on any atom is -0.299 e. The first-order valence-corrected chi connectivity index (χ1v) is 10.9. The van der Waals surface area contributed by atoms with E-state index in [9.17, 15) is 13.2 Å². The van der Waals surface area contributed by atoms with Crippen LogP contribution in [0.5, 0.6) is 0 Å². The van der Waals surface area contributed by atoms with Crippen molar-refractivity contribution in [2.24, 2.45) is 5.84 Å². The fourth-order valence-corrected chi connectivity index (χ4v) is 4.52. The summed E-state index contributed by atoms with van der Waals surface area (Å²) in [6.07, 6.45) is 2.02. The van der Waals surface area contributed by atoms with E-state index in [4.69, 9.17) is 10.8 Å². The third kappa shape index (κ3) is 4.93. The number of hydrogen-bond acceptors (Lipinski definition) is 4. The highest BCUT2D eigenvalue weighted by Crippen LogP contribution is 2.35. The molecule has 31 heavy (non-hydrogen) atoms. The Bertz CT molecular complexity index is 954. The van der Waals surface area contributed by atoms with Crippen molar-refractivity contribution >= 4 is 5.82 Å². The van der Waals surface area contributed by atoms with Crippen LogP contribution in [0.1, 0.15) is 53.6 Å². The number of aromatic nitrogens is 1. The number of rotatable bonds is 6. The van der Waals surface area contributed by atoms with E-state index in [1.165, 1.54) is 12.1 Å². The van der Waals surface area contributed by atoms with Crippen molar-refractivity contribution in [3.8, 4) is 0 Å². The molecule has 7 heteroatoms. The summed E-state index contributed by atoms with van der Waals surface area (Å²) in [6, 6.07) is 8.72. The molecule has 0 spiro atoms. The van der Waals surface area contributed by atoms with Crippen LogP contribution >= 0.6 is 0 Å². The van der Waals surface area contributed by atoms with Gasteiger partial charge in [-0.3, -0.25) is 9.91 Å². The summed E-state index contributed by atoms with van der Waals surface area (Å²) >= 11 is 0. The molecule has 0 atom stereocenters. The number of unbranched alkanes of at least 4 members (excludes halogenated alkanes) is 2. The Kier molecular flexibility index (Phi) is 6.34. The van der Waals surface area contributed by atoms with Crippen LogP contribution in [0, 0.1) is 0 Å². The Labute approximate surface area is 181 Å². The smallest absolute Gasteiger partial charge is 0.299 e. The molecule has 0 radical (unpaired) electrons. The predicted molar refractivity (Wildman–Crippen MR) is 116 cm³/mol.